The third-order valence-electron chi connectivity index (χ3n) is 3.22. The zero-order chi connectivity index (χ0) is 13.2. The Morgan fingerprint density at radius 2 is 1.94 bits per heavy atom. The van der Waals surface area contributed by atoms with Gasteiger partial charge in [-0.25, -0.2) is 4.90 Å². The van der Waals surface area contributed by atoms with Crippen LogP contribution in [0.2, 0.25) is 0 Å². The Balaban J connectivity index is 2.11. The molecule has 3 heteroatoms. The average molecular weight is 248 g/mol. The molecule has 2 unspecified atom stereocenters. The maximum Gasteiger partial charge on any atom is 0.515 e. The van der Waals surface area contributed by atoms with Crippen molar-refractivity contribution in [2.75, 3.05) is 6.54 Å². The van der Waals surface area contributed by atoms with Gasteiger partial charge in [-0.1, -0.05) is 30.3 Å². The summed E-state index contributed by atoms with van der Waals surface area (Å²) in [5.74, 6) is 0. The molecule has 1 N–H and O–H groups in total. The number of quaternary nitrogens is 1. The third kappa shape index (κ3) is 3.10. The van der Waals surface area contributed by atoms with Crippen LogP contribution in [0, 0.1) is 0 Å². The van der Waals surface area contributed by atoms with Gasteiger partial charge >= 0.3 is 6.09 Å². The SMILES string of the molecule is CC(C)(C)OC(=O)[NH+]1CCCC1c1ccccc1. The van der Waals surface area contributed by atoms with Gasteiger partial charge in [-0.05, 0) is 20.8 Å². The summed E-state index contributed by atoms with van der Waals surface area (Å²) in [6, 6.07) is 10.5. The molecule has 1 fully saturated rings. The maximum atomic E-state index is 12.2. The Hall–Kier alpha value is -1.35. The smallest absolute Gasteiger partial charge is 0.414 e. The first-order chi connectivity index (χ1) is 8.47. The predicted octanol–water partition coefficient (Wildman–Crippen LogP) is 2.34. The summed E-state index contributed by atoms with van der Waals surface area (Å²) in [6.07, 6.45) is 2.01. The Morgan fingerprint density at radius 1 is 1.28 bits per heavy atom. The summed E-state index contributed by atoms with van der Waals surface area (Å²) in [6.45, 7) is 6.61. The molecule has 1 aromatic carbocycles. The topological polar surface area (TPSA) is 30.7 Å². The molecule has 3 nitrogen and oxygen atoms in total. The number of amides is 1. The van der Waals surface area contributed by atoms with E-state index in [0.29, 0.717) is 0 Å². The number of rotatable bonds is 1. The van der Waals surface area contributed by atoms with E-state index in [4.69, 9.17) is 4.74 Å². The van der Waals surface area contributed by atoms with Gasteiger partial charge in [-0.3, -0.25) is 0 Å². The van der Waals surface area contributed by atoms with E-state index in [1.54, 1.807) is 0 Å². The van der Waals surface area contributed by atoms with E-state index in [2.05, 4.69) is 12.1 Å². The number of hydrogen-bond acceptors (Lipinski definition) is 2. The molecule has 0 radical (unpaired) electrons. The lowest BCUT2D eigenvalue weighted by atomic mass is 10.1. The standard InChI is InChI=1S/C15H21NO2/c1-15(2,3)18-14(17)16-11-7-10-13(16)12-8-5-4-6-9-12/h4-6,8-9,13H,7,10-11H2,1-3H3/p+1. The Kier molecular flexibility index (Phi) is 3.71. The fraction of sp³-hybridized carbons (Fsp3) is 0.533. The van der Waals surface area contributed by atoms with Crippen molar-refractivity contribution in [3.63, 3.8) is 0 Å². The molecule has 1 amide bonds. The van der Waals surface area contributed by atoms with Crippen molar-refractivity contribution in [1.82, 2.24) is 0 Å². The van der Waals surface area contributed by atoms with E-state index in [9.17, 15) is 4.79 Å². The van der Waals surface area contributed by atoms with Crippen LogP contribution in [0.25, 0.3) is 0 Å². The number of nitrogens with one attached hydrogen (secondary N) is 1. The monoisotopic (exact) mass is 248 g/mol. The third-order valence-corrected chi connectivity index (χ3v) is 3.22. The van der Waals surface area contributed by atoms with Gasteiger partial charge in [0.15, 0.2) is 0 Å². The molecule has 0 spiro atoms. The van der Waals surface area contributed by atoms with Crippen LogP contribution >= 0.6 is 0 Å². The first-order valence-corrected chi connectivity index (χ1v) is 6.61. The summed E-state index contributed by atoms with van der Waals surface area (Å²) in [5.41, 5.74) is 0.823. The maximum absolute atomic E-state index is 12.2. The van der Waals surface area contributed by atoms with E-state index in [1.165, 1.54) is 5.56 Å². The molecule has 18 heavy (non-hydrogen) atoms. The summed E-state index contributed by atoms with van der Waals surface area (Å²) >= 11 is 0. The van der Waals surface area contributed by atoms with Crippen molar-refractivity contribution in [1.29, 1.82) is 0 Å². The molecule has 0 aliphatic carbocycles. The van der Waals surface area contributed by atoms with Crippen molar-refractivity contribution in [3.8, 4) is 0 Å². The number of ether oxygens (including phenoxy) is 1. The highest BCUT2D eigenvalue weighted by molar-refractivity contribution is 5.58. The highest BCUT2D eigenvalue weighted by atomic mass is 16.6. The molecular weight excluding hydrogens is 226 g/mol. The molecule has 1 heterocycles. The molecule has 2 atom stereocenters. The number of alkyl carbamates (subject to hydrolysis) is 2. The van der Waals surface area contributed by atoms with Crippen LogP contribution in [0.5, 0.6) is 0 Å². The lowest BCUT2D eigenvalue weighted by Crippen LogP contribution is -3.13. The van der Waals surface area contributed by atoms with Crippen molar-refractivity contribution >= 4 is 6.09 Å². The van der Waals surface area contributed by atoms with E-state index in [0.717, 1.165) is 24.3 Å². The van der Waals surface area contributed by atoms with Crippen LogP contribution in [0.3, 0.4) is 0 Å². The first-order valence-electron chi connectivity index (χ1n) is 6.61. The summed E-state index contributed by atoms with van der Waals surface area (Å²) in [4.78, 5) is 13.1. The lowest BCUT2D eigenvalue weighted by molar-refractivity contribution is -0.844. The molecule has 0 bridgehead atoms. The Bertz CT molecular complexity index is 408. The molecule has 0 aromatic heterocycles. The zero-order valence-corrected chi connectivity index (χ0v) is 11.4. The van der Waals surface area contributed by atoms with Crippen LogP contribution in [-0.2, 0) is 4.74 Å². The molecule has 2 rings (SSSR count). The highest BCUT2D eigenvalue weighted by Crippen LogP contribution is 2.19. The van der Waals surface area contributed by atoms with Gasteiger partial charge in [-0.2, -0.15) is 4.79 Å². The minimum absolute atomic E-state index is 0.117. The Morgan fingerprint density at radius 3 is 2.56 bits per heavy atom. The number of carbonyl (C=O) groups excluding carboxylic acids is 1. The molecule has 1 saturated heterocycles. The van der Waals surface area contributed by atoms with Gasteiger partial charge in [0.05, 0.1) is 6.54 Å². The van der Waals surface area contributed by atoms with Crippen molar-refractivity contribution in [2.45, 2.75) is 45.3 Å². The normalized spacial score (nSPS) is 23.9. The van der Waals surface area contributed by atoms with Crippen LogP contribution in [0.4, 0.5) is 4.79 Å². The minimum Gasteiger partial charge on any atom is -0.414 e. The fourth-order valence-corrected chi connectivity index (χ4v) is 2.49. The number of likely N-dealkylation sites (tertiary alicyclic amines) is 1. The lowest BCUT2D eigenvalue weighted by Gasteiger charge is -2.24. The zero-order valence-electron chi connectivity index (χ0n) is 11.4. The molecule has 1 aliphatic heterocycles. The second-order valence-electron chi connectivity index (χ2n) is 5.88. The van der Waals surface area contributed by atoms with Gasteiger partial charge in [0.1, 0.15) is 11.6 Å². The second-order valence-corrected chi connectivity index (χ2v) is 5.88. The van der Waals surface area contributed by atoms with Gasteiger partial charge in [-0.15, -0.1) is 0 Å². The predicted molar refractivity (Wildman–Crippen MR) is 70.5 cm³/mol. The largest absolute Gasteiger partial charge is 0.515 e. The minimum atomic E-state index is -0.409. The quantitative estimate of drug-likeness (QED) is 0.827. The fourth-order valence-electron chi connectivity index (χ4n) is 2.49. The van der Waals surface area contributed by atoms with Gasteiger partial charge < -0.3 is 4.74 Å². The molecule has 1 aliphatic rings. The van der Waals surface area contributed by atoms with E-state index >= 15 is 0 Å². The van der Waals surface area contributed by atoms with Crippen molar-refractivity contribution in [3.05, 3.63) is 35.9 Å². The van der Waals surface area contributed by atoms with Crippen LogP contribution in [0.1, 0.15) is 45.2 Å². The first kappa shape index (κ1) is 13.1. The van der Waals surface area contributed by atoms with E-state index in [-0.39, 0.29) is 12.1 Å². The molecular formula is C15H22NO2+. The molecule has 1 aromatic rings. The highest BCUT2D eigenvalue weighted by Gasteiger charge is 2.38. The Labute approximate surface area is 109 Å². The van der Waals surface area contributed by atoms with Crippen LogP contribution < -0.4 is 4.90 Å². The van der Waals surface area contributed by atoms with E-state index in [1.807, 2.05) is 39.0 Å². The van der Waals surface area contributed by atoms with Crippen molar-refractivity contribution < 1.29 is 14.4 Å². The van der Waals surface area contributed by atoms with Gasteiger partial charge in [0, 0.05) is 18.4 Å². The number of benzene rings is 1. The molecule has 0 saturated carbocycles. The van der Waals surface area contributed by atoms with Crippen LogP contribution in [-0.4, -0.2) is 18.2 Å². The van der Waals surface area contributed by atoms with Gasteiger partial charge in [0.2, 0.25) is 0 Å². The number of hydrogen-bond donors (Lipinski definition) is 1. The summed E-state index contributed by atoms with van der Waals surface area (Å²) < 4.78 is 5.50. The summed E-state index contributed by atoms with van der Waals surface area (Å²) in [7, 11) is 0. The summed E-state index contributed by atoms with van der Waals surface area (Å²) in [5, 5.41) is 0. The van der Waals surface area contributed by atoms with E-state index < -0.39 is 5.60 Å². The van der Waals surface area contributed by atoms with Gasteiger partial charge in [0.25, 0.3) is 0 Å². The number of carbonyl (C=O) groups is 1. The van der Waals surface area contributed by atoms with Crippen molar-refractivity contribution in [2.24, 2.45) is 0 Å². The second kappa shape index (κ2) is 5.11. The average Bonchev–Trinajstić information content (AvgIpc) is 2.76. The molecule has 98 valence electrons. The van der Waals surface area contributed by atoms with Crippen LogP contribution in [0.15, 0.2) is 30.3 Å².